The van der Waals surface area contributed by atoms with E-state index in [1.807, 2.05) is 18.2 Å². The first kappa shape index (κ1) is 19.6. The van der Waals surface area contributed by atoms with Gasteiger partial charge in [0.25, 0.3) is 5.56 Å². The third-order valence-electron chi connectivity index (χ3n) is 6.36. The maximum Gasteiger partial charge on any atom is 0.262 e. The van der Waals surface area contributed by atoms with Crippen molar-refractivity contribution in [2.45, 2.75) is 64.0 Å². The second kappa shape index (κ2) is 8.82. The zero-order chi connectivity index (χ0) is 20.3. The van der Waals surface area contributed by atoms with E-state index in [4.69, 9.17) is 0 Å². The maximum absolute atomic E-state index is 13.2. The van der Waals surface area contributed by atoms with E-state index >= 15 is 0 Å². The molecule has 0 saturated carbocycles. The number of rotatable bonds is 6. The minimum absolute atomic E-state index is 0.0683. The second-order valence-corrected chi connectivity index (χ2v) is 9.52. The Morgan fingerprint density at radius 1 is 1.20 bits per heavy atom. The summed E-state index contributed by atoms with van der Waals surface area (Å²) in [6, 6.07) is 6.29. The van der Waals surface area contributed by atoms with Crippen LogP contribution in [-0.4, -0.2) is 27.1 Å². The summed E-state index contributed by atoms with van der Waals surface area (Å²) in [6.45, 7) is 1.53. The molecule has 2 aliphatic rings. The molecule has 0 radical (unpaired) electrons. The molecule has 30 heavy (non-hydrogen) atoms. The monoisotopic (exact) mass is 420 g/mol. The fraction of sp³-hybridized carbons (Fsp3) is 0.458. The summed E-state index contributed by atoms with van der Waals surface area (Å²) in [4.78, 5) is 24.4. The van der Waals surface area contributed by atoms with Crippen molar-refractivity contribution in [2.24, 2.45) is 0 Å². The van der Waals surface area contributed by atoms with Gasteiger partial charge in [0.15, 0.2) is 0 Å². The van der Waals surface area contributed by atoms with Crippen LogP contribution in [0.2, 0.25) is 0 Å². The first-order valence-electron chi connectivity index (χ1n) is 11.1. The minimum atomic E-state index is 0.0683. The summed E-state index contributed by atoms with van der Waals surface area (Å²) in [5.74, 6) is 0. The molecule has 0 bridgehead atoms. The molecule has 1 atom stereocenters. The van der Waals surface area contributed by atoms with Crippen LogP contribution >= 0.6 is 11.3 Å². The first-order valence-corrected chi connectivity index (χ1v) is 11.9. The van der Waals surface area contributed by atoms with Gasteiger partial charge in [-0.25, -0.2) is 4.98 Å². The van der Waals surface area contributed by atoms with Crippen molar-refractivity contribution in [3.05, 3.63) is 68.9 Å². The number of hydrogen-bond donors (Lipinski definition) is 1. The number of hydrogen-bond acceptors (Lipinski definition) is 5. The van der Waals surface area contributed by atoms with Crippen molar-refractivity contribution in [3.8, 4) is 0 Å². The Bertz CT molecular complexity index is 1120. The van der Waals surface area contributed by atoms with E-state index in [1.165, 1.54) is 42.5 Å². The van der Waals surface area contributed by atoms with Crippen LogP contribution in [0.5, 0.6) is 0 Å². The predicted octanol–water partition coefficient (Wildman–Crippen LogP) is 4.24. The molecule has 156 valence electrons. The topological polar surface area (TPSA) is 59.8 Å². The van der Waals surface area contributed by atoms with E-state index in [0.717, 1.165) is 41.7 Å². The molecule has 3 heterocycles. The van der Waals surface area contributed by atoms with Gasteiger partial charge in [0.2, 0.25) is 0 Å². The van der Waals surface area contributed by atoms with Gasteiger partial charge >= 0.3 is 0 Å². The predicted molar refractivity (Wildman–Crippen MR) is 122 cm³/mol. The maximum atomic E-state index is 13.2. The van der Waals surface area contributed by atoms with Crippen molar-refractivity contribution < 1.29 is 0 Å². The van der Waals surface area contributed by atoms with Crippen LogP contribution in [0.25, 0.3) is 10.2 Å². The van der Waals surface area contributed by atoms with E-state index in [9.17, 15) is 4.79 Å². The van der Waals surface area contributed by atoms with Crippen molar-refractivity contribution in [2.75, 3.05) is 6.54 Å². The third-order valence-corrected chi connectivity index (χ3v) is 7.52. The molecule has 0 saturated heterocycles. The highest BCUT2D eigenvalue weighted by molar-refractivity contribution is 7.18. The Morgan fingerprint density at radius 2 is 2.17 bits per heavy atom. The van der Waals surface area contributed by atoms with Gasteiger partial charge in [-0.3, -0.25) is 14.3 Å². The molecule has 2 aliphatic carbocycles. The normalized spacial score (nSPS) is 18.9. The first-order chi connectivity index (χ1) is 14.8. The number of fused-ring (bicyclic) bond motifs is 3. The minimum Gasteiger partial charge on any atom is -0.313 e. The van der Waals surface area contributed by atoms with Crippen molar-refractivity contribution >= 4 is 21.6 Å². The number of aryl methyl sites for hydroxylation is 1. The summed E-state index contributed by atoms with van der Waals surface area (Å²) in [7, 11) is 0. The lowest BCUT2D eigenvalue weighted by Gasteiger charge is -2.24. The SMILES string of the molecule is O=c1c2c3c(sc2ncn1Cc1ccccn1)CC(NCCC1=CCCCC1)CC3. The van der Waals surface area contributed by atoms with Gasteiger partial charge in [-0.05, 0) is 75.6 Å². The summed E-state index contributed by atoms with van der Waals surface area (Å²) < 4.78 is 1.69. The molecule has 5 rings (SSSR count). The van der Waals surface area contributed by atoms with E-state index in [1.54, 1.807) is 34.0 Å². The number of pyridine rings is 1. The Balaban J connectivity index is 1.30. The number of allylic oxidation sites excluding steroid dienone is 1. The summed E-state index contributed by atoms with van der Waals surface area (Å²) in [5.41, 5.74) is 3.81. The molecule has 5 nitrogen and oxygen atoms in total. The molecule has 0 amide bonds. The lowest BCUT2D eigenvalue weighted by atomic mass is 9.92. The van der Waals surface area contributed by atoms with Crippen molar-refractivity contribution in [1.82, 2.24) is 19.9 Å². The molecule has 0 aromatic carbocycles. The van der Waals surface area contributed by atoms with Crippen molar-refractivity contribution in [1.29, 1.82) is 0 Å². The molecule has 1 N–H and O–H groups in total. The van der Waals surface area contributed by atoms with Crippen LogP contribution in [0.3, 0.4) is 0 Å². The average molecular weight is 421 g/mol. The van der Waals surface area contributed by atoms with Crippen molar-refractivity contribution in [3.63, 3.8) is 0 Å². The largest absolute Gasteiger partial charge is 0.313 e. The van der Waals surface area contributed by atoms with E-state index in [0.29, 0.717) is 12.6 Å². The van der Waals surface area contributed by atoms with Crippen LogP contribution in [0.1, 0.15) is 54.7 Å². The summed E-state index contributed by atoms with van der Waals surface area (Å²) >= 11 is 1.70. The fourth-order valence-corrected chi connectivity index (χ4v) is 5.98. The quantitative estimate of drug-likeness (QED) is 0.606. The smallest absolute Gasteiger partial charge is 0.262 e. The van der Waals surface area contributed by atoms with Gasteiger partial charge in [-0.15, -0.1) is 11.3 Å². The molecule has 0 fully saturated rings. The van der Waals surface area contributed by atoms with E-state index in [2.05, 4.69) is 21.4 Å². The van der Waals surface area contributed by atoms with E-state index < -0.39 is 0 Å². The Morgan fingerprint density at radius 3 is 3.00 bits per heavy atom. The molecular formula is C24H28N4OS. The van der Waals surface area contributed by atoms with Crippen LogP contribution in [0.15, 0.2) is 47.2 Å². The molecule has 6 heteroatoms. The number of aromatic nitrogens is 3. The summed E-state index contributed by atoms with van der Waals surface area (Å²) in [6.07, 6.45) is 15.4. The van der Waals surface area contributed by atoms with Gasteiger partial charge in [0.05, 0.1) is 24.0 Å². The molecule has 0 spiro atoms. The zero-order valence-corrected chi connectivity index (χ0v) is 18.1. The third kappa shape index (κ3) is 4.12. The molecule has 3 aromatic rings. The van der Waals surface area contributed by atoms with Crippen LogP contribution < -0.4 is 10.9 Å². The highest BCUT2D eigenvalue weighted by atomic mass is 32.1. The lowest BCUT2D eigenvalue weighted by Crippen LogP contribution is -2.35. The zero-order valence-electron chi connectivity index (χ0n) is 17.3. The highest BCUT2D eigenvalue weighted by Gasteiger charge is 2.25. The Hall–Kier alpha value is -2.31. The fourth-order valence-electron chi connectivity index (χ4n) is 4.72. The number of nitrogens with one attached hydrogen (secondary N) is 1. The van der Waals surface area contributed by atoms with Gasteiger partial charge in [0, 0.05) is 17.1 Å². The standard InChI is InChI=1S/C24H28N4OS/c29-24-22-20-10-9-18(26-13-11-17-6-2-1-3-7-17)14-21(20)30-23(22)27-16-28(24)15-19-8-4-5-12-25-19/h4-6,8,12,16,18,26H,1-3,7,9-11,13-15H2. The second-order valence-electron chi connectivity index (χ2n) is 8.43. The highest BCUT2D eigenvalue weighted by Crippen LogP contribution is 2.33. The molecule has 0 aliphatic heterocycles. The summed E-state index contributed by atoms with van der Waals surface area (Å²) in [5, 5.41) is 4.60. The van der Waals surface area contributed by atoms with Crippen LogP contribution in [0.4, 0.5) is 0 Å². The molecular weight excluding hydrogens is 392 g/mol. The van der Waals surface area contributed by atoms with Gasteiger partial charge in [-0.1, -0.05) is 17.7 Å². The lowest BCUT2D eigenvalue weighted by molar-refractivity contribution is 0.463. The Kier molecular flexibility index (Phi) is 5.77. The van der Waals surface area contributed by atoms with Crippen LogP contribution in [-0.2, 0) is 19.4 Å². The average Bonchev–Trinajstić information content (AvgIpc) is 3.16. The van der Waals surface area contributed by atoms with Gasteiger partial charge < -0.3 is 5.32 Å². The molecule has 1 unspecified atom stereocenters. The van der Waals surface area contributed by atoms with Gasteiger partial charge in [-0.2, -0.15) is 0 Å². The van der Waals surface area contributed by atoms with E-state index in [-0.39, 0.29) is 5.56 Å². The number of nitrogens with zero attached hydrogens (tertiary/aromatic N) is 3. The Labute approximate surface area is 180 Å². The van der Waals surface area contributed by atoms with Crippen LogP contribution in [0, 0.1) is 0 Å². The van der Waals surface area contributed by atoms with Gasteiger partial charge in [0.1, 0.15) is 4.83 Å². The number of thiophene rings is 1. The molecule has 3 aromatic heterocycles.